The summed E-state index contributed by atoms with van der Waals surface area (Å²) in [5, 5.41) is 11.7. The molecule has 1 heterocycles. The van der Waals surface area contributed by atoms with Crippen LogP contribution in [0.2, 0.25) is 0 Å². The Morgan fingerprint density at radius 1 is 1.21 bits per heavy atom. The molecule has 2 rings (SSSR count). The summed E-state index contributed by atoms with van der Waals surface area (Å²) >= 11 is 0. The summed E-state index contributed by atoms with van der Waals surface area (Å²) in [4.78, 5) is 11.7. The molecule has 0 spiro atoms. The molecule has 1 aromatic heterocycles. The van der Waals surface area contributed by atoms with Gasteiger partial charge in [0.1, 0.15) is 5.69 Å². The van der Waals surface area contributed by atoms with Gasteiger partial charge >= 0.3 is 5.97 Å². The monoisotopic (exact) mass is 257 g/mol. The fraction of sp³-hybridized carbons (Fsp3) is 0.286. The Labute approximate surface area is 111 Å². The lowest BCUT2D eigenvalue weighted by Crippen LogP contribution is -2.15. The number of esters is 1. The number of ether oxygens (including phenoxy) is 1. The zero-order chi connectivity index (χ0) is 13.8. The van der Waals surface area contributed by atoms with Crippen LogP contribution in [0.5, 0.6) is 0 Å². The first-order valence-electron chi connectivity index (χ1n) is 5.98. The van der Waals surface area contributed by atoms with Gasteiger partial charge in [-0.1, -0.05) is 30.3 Å². The van der Waals surface area contributed by atoms with E-state index in [1.807, 2.05) is 37.3 Å². The van der Waals surface area contributed by atoms with Crippen LogP contribution in [0, 0.1) is 6.92 Å². The maximum absolute atomic E-state index is 11.7. The number of methoxy groups -OCH3 is 1. The molecule has 0 amide bonds. The van der Waals surface area contributed by atoms with Gasteiger partial charge in [-0.2, -0.15) is 0 Å². The summed E-state index contributed by atoms with van der Waals surface area (Å²) in [5.74, 6) is -0.738. The molecular weight excluding hydrogens is 242 g/mol. The molecule has 0 radical (unpaired) electrons. The van der Waals surface area contributed by atoms with Gasteiger partial charge in [-0.25, -0.2) is 0 Å². The fourth-order valence-corrected chi connectivity index (χ4v) is 2.04. The minimum Gasteiger partial charge on any atom is -0.469 e. The van der Waals surface area contributed by atoms with Crippen LogP contribution in [0.25, 0.3) is 11.3 Å². The molecule has 0 aliphatic heterocycles. The molecule has 1 atom stereocenters. The van der Waals surface area contributed by atoms with Crippen LogP contribution in [-0.2, 0) is 9.53 Å². The van der Waals surface area contributed by atoms with E-state index in [0.717, 1.165) is 11.1 Å². The average molecular weight is 257 g/mol. The number of carbonyl (C=O) groups excluding carboxylic acids is 1. The van der Waals surface area contributed by atoms with Crippen molar-refractivity contribution >= 4 is 5.97 Å². The van der Waals surface area contributed by atoms with Crippen molar-refractivity contribution in [3.8, 4) is 11.3 Å². The summed E-state index contributed by atoms with van der Waals surface area (Å²) in [7, 11) is 1.37. The average Bonchev–Trinajstić information content (AvgIpc) is 2.46. The van der Waals surface area contributed by atoms with Crippen LogP contribution in [0.4, 0.5) is 0 Å². The summed E-state index contributed by atoms with van der Waals surface area (Å²) in [5.41, 5.74) is 3.03. The standard InChI is InChI=1S/C14H15N3O2/c1-9(14(18)19-3)12-10(2)15-17-16-13(12)11-7-5-4-6-8-11/h4-9H,1-3H3. The second-order valence-corrected chi connectivity index (χ2v) is 4.25. The molecule has 19 heavy (non-hydrogen) atoms. The van der Waals surface area contributed by atoms with E-state index in [-0.39, 0.29) is 5.97 Å². The summed E-state index contributed by atoms with van der Waals surface area (Å²) < 4.78 is 4.80. The number of aromatic nitrogens is 3. The first-order chi connectivity index (χ1) is 9.15. The number of rotatable bonds is 3. The van der Waals surface area contributed by atoms with Crippen LogP contribution >= 0.6 is 0 Å². The second kappa shape index (κ2) is 5.56. The van der Waals surface area contributed by atoms with Crippen molar-refractivity contribution in [3.05, 3.63) is 41.6 Å². The van der Waals surface area contributed by atoms with Crippen molar-refractivity contribution in [2.24, 2.45) is 0 Å². The third kappa shape index (κ3) is 2.59. The molecule has 0 N–H and O–H groups in total. The maximum atomic E-state index is 11.7. The fourth-order valence-electron chi connectivity index (χ4n) is 2.04. The highest BCUT2D eigenvalue weighted by Crippen LogP contribution is 2.29. The molecule has 5 heteroatoms. The van der Waals surface area contributed by atoms with Crippen molar-refractivity contribution in [2.75, 3.05) is 7.11 Å². The Hall–Kier alpha value is -2.30. The van der Waals surface area contributed by atoms with Gasteiger partial charge in [-0.3, -0.25) is 4.79 Å². The number of benzene rings is 1. The predicted octanol–water partition coefficient (Wildman–Crippen LogP) is 2.12. The normalized spacial score (nSPS) is 11.9. The van der Waals surface area contributed by atoms with E-state index >= 15 is 0 Å². The van der Waals surface area contributed by atoms with Gasteiger partial charge in [0.25, 0.3) is 0 Å². The van der Waals surface area contributed by atoms with E-state index in [1.54, 1.807) is 6.92 Å². The highest BCUT2D eigenvalue weighted by molar-refractivity contribution is 5.81. The summed E-state index contributed by atoms with van der Waals surface area (Å²) in [6, 6.07) is 9.61. The third-order valence-corrected chi connectivity index (χ3v) is 3.02. The maximum Gasteiger partial charge on any atom is 0.313 e. The van der Waals surface area contributed by atoms with Crippen molar-refractivity contribution < 1.29 is 9.53 Å². The molecule has 2 aromatic rings. The first kappa shape index (κ1) is 13.1. The van der Waals surface area contributed by atoms with Gasteiger partial charge in [-0.05, 0) is 19.1 Å². The van der Waals surface area contributed by atoms with Gasteiger partial charge < -0.3 is 4.74 Å². The van der Waals surface area contributed by atoms with E-state index in [1.165, 1.54) is 7.11 Å². The third-order valence-electron chi connectivity index (χ3n) is 3.02. The van der Waals surface area contributed by atoms with Gasteiger partial charge in [0, 0.05) is 11.1 Å². The van der Waals surface area contributed by atoms with Crippen LogP contribution in [0.15, 0.2) is 30.3 Å². The lowest BCUT2D eigenvalue weighted by molar-refractivity contribution is -0.142. The molecule has 0 aliphatic rings. The SMILES string of the molecule is COC(=O)C(C)c1c(C)nnnc1-c1ccccc1. The van der Waals surface area contributed by atoms with Crippen LogP contribution < -0.4 is 0 Å². The van der Waals surface area contributed by atoms with Gasteiger partial charge in [0.15, 0.2) is 0 Å². The smallest absolute Gasteiger partial charge is 0.313 e. The van der Waals surface area contributed by atoms with Crippen molar-refractivity contribution in [2.45, 2.75) is 19.8 Å². The lowest BCUT2D eigenvalue weighted by atomic mass is 9.95. The first-order valence-corrected chi connectivity index (χ1v) is 5.98. The van der Waals surface area contributed by atoms with Crippen molar-refractivity contribution in [3.63, 3.8) is 0 Å². The largest absolute Gasteiger partial charge is 0.469 e. The van der Waals surface area contributed by atoms with E-state index in [0.29, 0.717) is 11.4 Å². The molecule has 1 aromatic carbocycles. The summed E-state index contributed by atoms with van der Waals surface area (Å²) in [6.07, 6.45) is 0. The zero-order valence-electron chi connectivity index (χ0n) is 11.1. The highest BCUT2D eigenvalue weighted by atomic mass is 16.5. The van der Waals surface area contributed by atoms with Crippen molar-refractivity contribution in [1.29, 1.82) is 0 Å². The van der Waals surface area contributed by atoms with E-state index in [4.69, 9.17) is 4.74 Å². The second-order valence-electron chi connectivity index (χ2n) is 4.25. The number of aryl methyl sites for hydroxylation is 1. The number of hydrogen-bond acceptors (Lipinski definition) is 5. The Kier molecular flexibility index (Phi) is 3.85. The van der Waals surface area contributed by atoms with Gasteiger partial charge in [0.05, 0.1) is 18.7 Å². The molecule has 98 valence electrons. The molecule has 1 unspecified atom stereocenters. The molecule has 5 nitrogen and oxygen atoms in total. The molecule has 0 fully saturated rings. The Bertz CT molecular complexity index is 584. The number of carbonyl (C=O) groups is 1. The van der Waals surface area contributed by atoms with E-state index < -0.39 is 5.92 Å². The van der Waals surface area contributed by atoms with Crippen molar-refractivity contribution in [1.82, 2.24) is 15.4 Å². The van der Waals surface area contributed by atoms with Crippen LogP contribution in [-0.4, -0.2) is 28.5 Å². The quantitative estimate of drug-likeness (QED) is 0.788. The number of nitrogens with zero attached hydrogens (tertiary/aromatic N) is 3. The Morgan fingerprint density at radius 3 is 2.53 bits per heavy atom. The Balaban J connectivity index is 2.57. The predicted molar refractivity (Wildman–Crippen MR) is 70.4 cm³/mol. The Morgan fingerprint density at radius 2 is 1.89 bits per heavy atom. The van der Waals surface area contributed by atoms with Gasteiger partial charge in [0.2, 0.25) is 0 Å². The van der Waals surface area contributed by atoms with E-state index in [9.17, 15) is 4.79 Å². The molecular formula is C14H15N3O2. The molecule has 0 aliphatic carbocycles. The number of hydrogen-bond donors (Lipinski definition) is 0. The highest BCUT2D eigenvalue weighted by Gasteiger charge is 2.23. The van der Waals surface area contributed by atoms with Gasteiger partial charge in [-0.15, -0.1) is 10.2 Å². The lowest BCUT2D eigenvalue weighted by Gasteiger charge is -2.14. The van der Waals surface area contributed by atoms with E-state index in [2.05, 4.69) is 15.4 Å². The molecule has 0 saturated heterocycles. The zero-order valence-corrected chi connectivity index (χ0v) is 11.1. The van der Waals surface area contributed by atoms with Crippen LogP contribution in [0.3, 0.4) is 0 Å². The summed E-state index contributed by atoms with van der Waals surface area (Å²) in [6.45, 7) is 3.60. The molecule has 0 bridgehead atoms. The topological polar surface area (TPSA) is 65.0 Å². The molecule has 0 saturated carbocycles. The van der Waals surface area contributed by atoms with Crippen LogP contribution in [0.1, 0.15) is 24.1 Å². The minimum atomic E-state index is -0.428. The minimum absolute atomic E-state index is 0.310.